The fourth-order valence-electron chi connectivity index (χ4n) is 2.50. The summed E-state index contributed by atoms with van der Waals surface area (Å²) in [7, 11) is 0. The lowest BCUT2D eigenvalue weighted by Gasteiger charge is -2.38. The van der Waals surface area contributed by atoms with Gasteiger partial charge in [0.2, 0.25) is 0 Å². The van der Waals surface area contributed by atoms with Crippen LogP contribution in [0.5, 0.6) is 0 Å². The molecule has 3 nitrogen and oxygen atoms in total. The van der Waals surface area contributed by atoms with Gasteiger partial charge in [0.05, 0.1) is 11.7 Å². The molecule has 2 rings (SSSR count). The topological polar surface area (TPSA) is 51.8 Å². The second-order valence-corrected chi connectivity index (χ2v) is 4.82. The third kappa shape index (κ3) is 2.17. The Morgan fingerprint density at radius 1 is 1.27 bits per heavy atom. The van der Waals surface area contributed by atoms with Crippen LogP contribution in [-0.2, 0) is 0 Å². The molecule has 1 aromatic heterocycles. The van der Waals surface area contributed by atoms with E-state index in [1.807, 2.05) is 0 Å². The second kappa shape index (κ2) is 4.27. The lowest BCUT2D eigenvalue weighted by atomic mass is 9.70. The molecule has 1 saturated carbocycles. The van der Waals surface area contributed by atoms with Gasteiger partial charge in [-0.2, -0.15) is 0 Å². The van der Waals surface area contributed by atoms with Crippen molar-refractivity contribution in [3.05, 3.63) is 24.3 Å². The minimum absolute atomic E-state index is 0.0338. The van der Waals surface area contributed by atoms with Crippen LogP contribution in [0.4, 0.5) is 0 Å². The molecule has 1 aliphatic rings. The SMILES string of the molecule is CC1(C(N)c2cnccn2)CCCCC1. The molecule has 1 aliphatic carbocycles. The molecular weight excluding hydrogens is 186 g/mol. The monoisotopic (exact) mass is 205 g/mol. The molecular formula is C12H19N3. The van der Waals surface area contributed by atoms with Gasteiger partial charge in [-0.3, -0.25) is 9.97 Å². The van der Waals surface area contributed by atoms with E-state index < -0.39 is 0 Å². The fraction of sp³-hybridized carbons (Fsp3) is 0.667. The lowest BCUT2D eigenvalue weighted by Crippen LogP contribution is -2.34. The van der Waals surface area contributed by atoms with Gasteiger partial charge >= 0.3 is 0 Å². The third-order valence-electron chi connectivity index (χ3n) is 3.65. The molecule has 0 spiro atoms. The maximum Gasteiger partial charge on any atom is 0.0759 e. The van der Waals surface area contributed by atoms with Crippen LogP contribution >= 0.6 is 0 Å². The molecule has 1 unspecified atom stereocenters. The van der Waals surface area contributed by atoms with E-state index in [-0.39, 0.29) is 11.5 Å². The van der Waals surface area contributed by atoms with E-state index in [0.29, 0.717) is 0 Å². The maximum atomic E-state index is 6.30. The van der Waals surface area contributed by atoms with Crippen LogP contribution < -0.4 is 5.73 Å². The molecule has 0 bridgehead atoms. The maximum absolute atomic E-state index is 6.30. The zero-order valence-corrected chi connectivity index (χ0v) is 9.32. The Balaban J connectivity index is 2.16. The van der Waals surface area contributed by atoms with E-state index in [2.05, 4.69) is 16.9 Å². The van der Waals surface area contributed by atoms with Crippen molar-refractivity contribution in [2.75, 3.05) is 0 Å². The van der Waals surface area contributed by atoms with Crippen molar-refractivity contribution < 1.29 is 0 Å². The van der Waals surface area contributed by atoms with Crippen molar-refractivity contribution in [2.45, 2.75) is 45.1 Å². The number of rotatable bonds is 2. The van der Waals surface area contributed by atoms with Gasteiger partial charge in [-0.25, -0.2) is 0 Å². The van der Waals surface area contributed by atoms with Gasteiger partial charge in [0.15, 0.2) is 0 Å². The quantitative estimate of drug-likeness (QED) is 0.806. The number of hydrogen-bond acceptors (Lipinski definition) is 3. The van der Waals surface area contributed by atoms with Gasteiger partial charge in [-0.15, -0.1) is 0 Å². The minimum atomic E-state index is 0.0338. The summed E-state index contributed by atoms with van der Waals surface area (Å²) in [5.41, 5.74) is 7.45. The Bertz CT molecular complexity index is 304. The first kappa shape index (κ1) is 10.6. The molecule has 2 N–H and O–H groups in total. The average molecular weight is 205 g/mol. The summed E-state index contributed by atoms with van der Waals surface area (Å²) in [6, 6.07) is 0.0338. The van der Waals surface area contributed by atoms with Crippen LogP contribution in [0.15, 0.2) is 18.6 Å². The van der Waals surface area contributed by atoms with Crippen molar-refractivity contribution in [2.24, 2.45) is 11.1 Å². The van der Waals surface area contributed by atoms with Crippen molar-refractivity contribution >= 4 is 0 Å². The molecule has 1 heterocycles. The Hall–Kier alpha value is -0.960. The summed E-state index contributed by atoms with van der Waals surface area (Å²) < 4.78 is 0. The smallest absolute Gasteiger partial charge is 0.0759 e. The Labute approximate surface area is 91.1 Å². The first-order valence-electron chi connectivity index (χ1n) is 5.74. The van der Waals surface area contributed by atoms with Gasteiger partial charge in [-0.05, 0) is 18.3 Å². The summed E-state index contributed by atoms with van der Waals surface area (Å²) in [4.78, 5) is 8.40. The van der Waals surface area contributed by atoms with Crippen LogP contribution in [0.25, 0.3) is 0 Å². The van der Waals surface area contributed by atoms with E-state index in [1.165, 1.54) is 32.1 Å². The molecule has 1 fully saturated rings. The highest BCUT2D eigenvalue weighted by molar-refractivity contribution is 5.07. The van der Waals surface area contributed by atoms with Crippen LogP contribution in [0.1, 0.15) is 50.8 Å². The molecule has 0 aromatic carbocycles. The normalized spacial score (nSPS) is 22.3. The molecule has 0 saturated heterocycles. The second-order valence-electron chi connectivity index (χ2n) is 4.82. The summed E-state index contributed by atoms with van der Waals surface area (Å²) in [5, 5.41) is 0. The van der Waals surface area contributed by atoms with Gasteiger partial charge < -0.3 is 5.73 Å². The van der Waals surface area contributed by atoms with Crippen molar-refractivity contribution in [1.82, 2.24) is 9.97 Å². The van der Waals surface area contributed by atoms with Crippen LogP contribution in [0.3, 0.4) is 0 Å². The van der Waals surface area contributed by atoms with Crippen molar-refractivity contribution in [3.63, 3.8) is 0 Å². The molecule has 1 atom stereocenters. The van der Waals surface area contributed by atoms with Crippen LogP contribution in [0, 0.1) is 5.41 Å². The first-order chi connectivity index (χ1) is 7.22. The van der Waals surface area contributed by atoms with Crippen LogP contribution in [0.2, 0.25) is 0 Å². The summed E-state index contributed by atoms with van der Waals surface area (Å²) in [6.45, 7) is 2.28. The molecule has 3 heteroatoms. The molecule has 82 valence electrons. The summed E-state index contributed by atoms with van der Waals surface area (Å²) in [6.07, 6.45) is 11.6. The minimum Gasteiger partial charge on any atom is -0.322 e. The molecule has 15 heavy (non-hydrogen) atoms. The van der Waals surface area contributed by atoms with Gasteiger partial charge in [0.25, 0.3) is 0 Å². The third-order valence-corrected chi connectivity index (χ3v) is 3.65. The van der Waals surface area contributed by atoms with Crippen molar-refractivity contribution in [3.8, 4) is 0 Å². The number of nitrogens with zero attached hydrogens (tertiary/aromatic N) is 2. The Morgan fingerprint density at radius 2 is 2.00 bits per heavy atom. The molecule has 0 amide bonds. The highest BCUT2D eigenvalue weighted by Crippen LogP contribution is 2.43. The fourth-order valence-corrected chi connectivity index (χ4v) is 2.50. The number of nitrogens with two attached hydrogens (primary N) is 1. The molecule has 0 radical (unpaired) electrons. The van der Waals surface area contributed by atoms with Gasteiger partial charge in [0.1, 0.15) is 0 Å². The Morgan fingerprint density at radius 3 is 2.60 bits per heavy atom. The predicted molar refractivity (Wildman–Crippen MR) is 60.2 cm³/mol. The predicted octanol–water partition coefficient (Wildman–Crippen LogP) is 2.45. The summed E-state index contributed by atoms with van der Waals surface area (Å²) in [5.74, 6) is 0. The first-order valence-corrected chi connectivity index (χ1v) is 5.74. The standard InChI is InChI=1S/C12H19N3/c1-12(5-3-2-4-6-12)11(13)10-9-14-7-8-15-10/h7-9,11H,2-6,13H2,1H3. The number of aromatic nitrogens is 2. The summed E-state index contributed by atoms with van der Waals surface area (Å²) >= 11 is 0. The van der Waals surface area contributed by atoms with Crippen molar-refractivity contribution in [1.29, 1.82) is 0 Å². The van der Waals surface area contributed by atoms with Crippen LogP contribution in [-0.4, -0.2) is 9.97 Å². The number of hydrogen-bond donors (Lipinski definition) is 1. The highest BCUT2D eigenvalue weighted by atomic mass is 14.8. The lowest BCUT2D eigenvalue weighted by molar-refractivity contribution is 0.167. The van der Waals surface area contributed by atoms with Gasteiger partial charge in [-0.1, -0.05) is 26.2 Å². The van der Waals surface area contributed by atoms with E-state index in [1.54, 1.807) is 18.6 Å². The highest BCUT2D eigenvalue weighted by Gasteiger charge is 2.34. The average Bonchev–Trinajstić information content (AvgIpc) is 2.30. The molecule has 0 aliphatic heterocycles. The zero-order chi connectivity index (χ0) is 10.7. The van der Waals surface area contributed by atoms with Gasteiger partial charge in [0, 0.05) is 18.6 Å². The van der Waals surface area contributed by atoms with E-state index in [4.69, 9.17) is 5.73 Å². The van der Waals surface area contributed by atoms with E-state index in [9.17, 15) is 0 Å². The Kier molecular flexibility index (Phi) is 3.00. The molecule has 1 aromatic rings. The van der Waals surface area contributed by atoms with E-state index in [0.717, 1.165) is 5.69 Å². The van der Waals surface area contributed by atoms with E-state index >= 15 is 0 Å². The largest absolute Gasteiger partial charge is 0.322 e. The zero-order valence-electron chi connectivity index (χ0n) is 9.32.